The molecular weight excluding hydrogens is 1570 g/mol. The monoisotopic (exact) mass is 1650 g/mol. The molecule has 3 fully saturated rings. The predicted molar refractivity (Wildman–Crippen MR) is 516 cm³/mol. The molecule has 0 saturated carbocycles. The van der Waals surface area contributed by atoms with Crippen LogP contribution in [-0.2, 0) is 4.74 Å². The molecule has 15 aromatic carbocycles. The Kier molecular flexibility index (Phi) is 22.6. The van der Waals surface area contributed by atoms with Crippen LogP contribution in [0.25, 0.3) is 165 Å². The van der Waals surface area contributed by atoms with Crippen LogP contribution in [0.3, 0.4) is 0 Å². The molecule has 23 rings (SSSR count). The van der Waals surface area contributed by atoms with Crippen LogP contribution in [0.5, 0.6) is 0 Å². The first kappa shape index (κ1) is 80.2. The van der Waals surface area contributed by atoms with Crippen LogP contribution in [0, 0.1) is 6.92 Å². The minimum Gasteiger partial charge on any atom is -0.378 e. The SMILES string of the molecule is CN(C)c1ccc2nc(-c3cccc4ccccc34)[nH]c(=O)c2c1.Cc1ccc2nc(-c3cccc4ccccc34)[nH]c(=O)c2c1.O=c1[nH]c(-c2cccc3ccccc23)nc2ccc(N3CCCC3)cc12.O=c1[nH]c(-c2cccc3ccccc23)nc2ccc(N3CCCCC3)cc12.O=c1[nH]c(-c2cccc3ccccc23)nc2ccc(N3CCOCC3)cc12. The summed E-state index contributed by atoms with van der Waals surface area (Å²) in [6.45, 7) is 9.32. The number of benzene rings is 15. The number of aryl methyl sites for hydroxylation is 1. The standard InChI is InChI=1S/C23H21N3O.C22H19N3O2.C22H19N3O.C20H17N3O.C19H14N2O/c27-23-20-15-17(26-13-4-1-5-14-26)11-12-21(20)24-22(25-23)19-10-6-8-16-7-2-3-9-18(16)19;26-22-19-14-16(25-10-12-27-13-11-25)8-9-20(19)23-21(24-22)18-7-3-5-15-4-1-2-6-17(15)18;26-22-19-14-16(25-12-3-4-13-25)10-11-20(19)23-21(24-22)18-9-5-7-15-6-1-2-8-17(15)18;1-23(2)14-10-11-18-17(12-14)20(24)22-19(21-18)16-9-5-7-13-6-3-4-8-15(13)16;1-12-9-10-17-16(11-12)19(22)21-18(20-17)15-8-4-6-13-5-2-3-7-14(13)15/h2-3,6-12,15H,1,4-5,13-14H2,(H,24,25,27);1-9,14H,10-13H2,(H,23,24,26);1-2,5-11,14H,3-4,12-13H2,(H,23,24,26);3-12H,1-2H3,(H,21,22,24);2-11H,1H3,(H,20,21,22). The topological polar surface area (TPSA) is 251 Å². The molecule has 20 nitrogen and oxygen atoms in total. The van der Waals surface area contributed by atoms with E-state index >= 15 is 0 Å². The van der Waals surface area contributed by atoms with E-state index in [-0.39, 0.29) is 27.8 Å². The van der Waals surface area contributed by atoms with Gasteiger partial charge in [0.05, 0.1) is 67.7 Å². The van der Waals surface area contributed by atoms with E-state index < -0.39 is 0 Å². The van der Waals surface area contributed by atoms with Crippen molar-refractivity contribution in [3.05, 3.63) is 361 Å². The minimum absolute atomic E-state index is 0.0817. The Hall–Kier alpha value is -15.5. The van der Waals surface area contributed by atoms with Crippen LogP contribution < -0.4 is 47.4 Å². The molecule has 0 atom stereocenters. The second kappa shape index (κ2) is 35.5. The summed E-state index contributed by atoms with van der Waals surface area (Å²) in [6, 6.07) is 100. The van der Waals surface area contributed by atoms with Gasteiger partial charge in [-0.15, -0.1) is 0 Å². The number of nitrogens with zero attached hydrogens (tertiary/aromatic N) is 9. The first-order valence-corrected chi connectivity index (χ1v) is 42.8. The summed E-state index contributed by atoms with van der Waals surface area (Å²) >= 11 is 0. The number of morpholine rings is 1. The number of H-pyrrole nitrogens is 5. The van der Waals surface area contributed by atoms with Crippen molar-refractivity contribution in [2.75, 3.05) is 86.2 Å². The van der Waals surface area contributed by atoms with Gasteiger partial charge in [-0.1, -0.05) is 224 Å². The lowest BCUT2D eigenvalue weighted by Gasteiger charge is -2.28. The molecule has 3 saturated heterocycles. The van der Waals surface area contributed by atoms with Crippen molar-refractivity contribution >= 4 is 131 Å². The van der Waals surface area contributed by atoms with Gasteiger partial charge in [0.15, 0.2) is 0 Å². The number of hydrogen-bond acceptors (Lipinski definition) is 15. The van der Waals surface area contributed by atoms with Crippen molar-refractivity contribution in [3.8, 4) is 56.9 Å². The van der Waals surface area contributed by atoms with Gasteiger partial charge in [-0.25, -0.2) is 24.9 Å². The van der Waals surface area contributed by atoms with Gasteiger partial charge in [-0.2, -0.15) is 0 Å². The molecule has 0 spiro atoms. The van der Waals surface area contributed by atoms with E-state index in [1.54, 1.807) is 0 Å². The van der Waals surface area contributed by atoms with E-state index in [4.69, 9.17) is 19.7 Å². The summed E-state index contributed by atoms with van der Waals surface area (Å²) in [6.07, 6.45) is 6.15. The molecule has 3 aliphatic heterocycles. The van der Waals surface area contributed by atoms with Gasteiger partial charge in [0.25, 0.3) is 27.8 Å². The molecule has 0 bridgehead atoms. The van der Waals surface area contributed by atoms with Crippen LogP contribution in [-0.4, -0.2) is 116 Å². The third-order valence-electron chi connectivity index (χ3n) is 23.9. The van der Waals surface area contributed by atoms with Gasteiger partial charge >= 0.3 is 0 Å². The van der Waals surface area contributed by atoms with Crippen molar-refractivity contribution < 1.29 is 4.74 Å². The van der Waals surface area contributed by atoms with Crippen LogP contribution in [0.1, 0.15) is 37.7 Å². The minimum atomic E-state index is -0.119. The van der Waals surface area contributed by atoms with Gasteiger partial charge in [0.2, 0.25) is 0 Å². The maximum absolute atomic E-state index is 12.8. The lowest BCUT2D eigenvalue weighted by molar-refractivity contribution is 0.122. The second-order valence-corrected chi connectivity index (χ2v) is 32.3. The smallest absolute Gasteiger partial charge is 0.259 e. The van der Waals surface area contributed by atoms with Crippen molar-refractivity contribution in [1.29, 1.82) is 0 Å². The molecule has 0 radical (unpaired) electrons. The van der Waals surface area contributed by atoms with E-state index in [9.17, 15) is 24.0 Å². The van der Waals surface area contributed by atoms with E-state index in [1.165, 1.54) is 32.1 Å². The summed E-state index contributed by atoms with van der Waals surface area (Å²) in [7, 11) is 3.90. The largest absolute Gasteiger partial charge is 0.378 e. The average molecular weight is 1660 g/mol. The van der Waals surface area contributed by atoms with Crippen molar-refractivity contribution in [3.63, 3.8) is 0 Å². The Morgan fingerprint density at radius 2 is 0.516 bits per heavy atom. The van der Waals surface area contributed by atoms with Crippen molar-refractivity contribution in [2.45, 2.75) is 39.0 Å². The Balaban J connectivity index is 0.000000103. The molecule has 3 aliphatic rings. The molecule has 20 heteroatoms. The summed E-state index contributed by atoms with van der Waals surface area (Å²) in [5.41, 5.74) is 13.1. The van der Waals surface area contributed by atoms with Gasteiger partial charge in [-0.3, -0.25) is 24.0 Å². The van der Waals surface area contributed by atoms with Gasteiger partial charge in [0.1, 0.15) is 29.1 Å². The number of fused-ring (bicyclic) bond motifs is 10. The predicted octanol–water partition coefficient (Wildman–Crippen LogP) is 20.5. The number of aromatic nitrogens is 10. The highest BCUT2D eigenvalue weighted by Gasteiger charge is 2.21. The van der Waals surface area contributed by atoms with E-state index in [0.29, 0.717) is 80.3 Å². The zero-order valence-electron chi connectivity index (χ0n) is 70.0. The normalized spacial score (nSPS) is 13.3. The summed E-state index contributed by atoms with van der Waals surface area (Å²) in [4.78, 5) is 111. The number of aromatic amines is 5. The van der Waals surface area contributed by atoms with Crippen molar-refractivity contribution in [2.24, 2.45) is 0 Å². The van der Waals surface area contributed by atoms with Crippen LogP contribution in [0.15, 0.2) is 327 Å². The van der Waals surface area contributed by atoms with Crippen molar-refractivity contribution in [1.82, 2.24) is 49.8 Å². The lowest BCUT2D eigenvalue weighted by atomic mass is 10.0. The Morgan fingerprint density at radius 1 is 0.262 bits per heavy atom. The summed E-state index contributed by atoms with van der Waals surface area (Å²) in [5.74, 6) is 3.05. The average Bonchev–Trinajstić information content (AvgIpc) is 0.870. The Bertz CT molecular complexity index is 7660. The number of piperidine rings is 1. The quantitative estimate of drug-likeness (QED) is 0.0901. The fourth-order valence-corrected chi connectivity index (χ4v) is 17.4. The van der Waals surface area contributed by atoms with Gasteiger partial charge in [-0.05, 0) is 178 Å². The summed E-state index contributed by atoms with van der Waals surface area (Å²) < 4.78 is 5.41. The van der Waals surface area contributed by atoms with Gasteiger partial charge < -0.3 is 49.3 Å². The zero-order chi connectivity index (χ0) is 85.7. The highest BCUT2D eigenvalue weighted by Crippen LogP contribution is 2.35. The first-order valence-electron chi connectivity index (χ1n) is 42.8. The molecule has 5 aromatic heterocycles. The first-order chi connectivity index (χ1) is 61.7. The molecule has 620 valence electrons. The number of nitrogens with one attached hydrogen (secondary N) is 5. The van der Waals surface area contributed by atoms with Gasteiger partial charge in [0, 0.05) is 104 Å². The Morgan fingerprint density at radius 3 is 0.825 bits per heavy atom. The third kappa shape index (κ3) is 16.7. The molecule has 20 aromatic rings. The molecule has 0 amide bonds. The highest BCUT2D eigenvalue weighted by molar-refractivity contribution is 6.01. The second-order valence-electron chi connectivity index (χ2n) is 32.3. The molecule has 5 N–H and O–H groups in total. The van der Waals surface area contributed by atoms with Crippen LogP contribution in [0.2, 0.25) is 0 Å². The third-order valence-corrected chi connectivity index (χ3v) is 23.9. The van der Waals surface area contributed by atoms with Crippen LogP contribution in [0.4, 0.5) is 22.7 Å². The van der Waals surface area contributed by atoms with E-state index in [1.807, 2.05) is 238 Å². The molecular formula is C106H90N14O6. The maximum Gasteiger partial charge on any atom is 0.259 e. The number of rotatable bonds is 9. The highest BCUT2D eigenvalue weighted by atomic mass is 16.5. The number of ether oxygens (including phenoxy) is 1. The fourth-order valence-electron chi connectivity index (χ4n) is 17.4. The Labute approximate surface area is 724 Å². The lowest BCUT2D eigenvalue weighted by Crippen LogP contribution is -2.36. The molecule has 0 aliphatic carbocycles. The number of anilines is 4. The van der Waals surface area contributed by atoms with E-state index in [0.717, 1.165) is 166 Å². The maximum atomic E-state index is 12.8. The van der Waals surface area contributed by atoms with E-state index in [2.05, 4.69) is 141 Å². The zero-order valence-corrected chi connectivity index (χ0v) is 70.0. The molecule has 126 heavy (non-hydrogen) atoms. The fraction of sp³-hybridized carbons (Fsp3) is 0.151. The van der Waals surface area contributed by atoms with Crippen LogP contribution >= 0.6 is 0 Å². The summed E-state index contributed by atoms with van der Waals surface area (Å²) in [5, 5.41) is 14.2. The molecule has 0 unspecified atom stereocenters. The number of hydrogen-bond donors (Lipinski definition) is 5. The molecule has 8 heterocycles.